The molecule has 1 aromatic carbocycles. The lowest BCUT2D eigenvalue weighted by atomic mass is 9.96. The molecule has 0 aliphatic rings. The zero-order chi connectivity index (χ0) is 16.0. The van der Waals surface area contributed by atoms with Crippen LogP contribution in [0.15, 0.2) is 24.3 Å². The number of hydrogen-bond acceptors (Lipinski definition) is 4. The lowest BCUT2D eigenvalue weighted by Crippen LogP contribution is -2.34. The van der Waals surface area contributed by atoms with Gasteiger partial charge in [0.25, 0.3) is 0 Å². The maximum Gasteiger partial charge on any atom is 0.154 e. The van der Waals surface area contributed by atoms with Gasteiger partial charge in [-0.3, -0.25) is 9.59 Å². The van der Waals surface area contributed by atoms with Crippen LogP contribution in [0.2, 0.25) is 0 Å². The van der Waals surface area contributed by atoms with E-state index in [1.807, 2.05) is 33.8 Å². The maximum absolute atomic E-state index is 12.4. The highest BCUT2D eigenvalue weighted by molar-refractivity contribution is 5.90. The number of phenols is 1. The Balaban J connectivity index is 2.82. The SMILES string of the molecule is CC(C)NC(C(=O)CCC(=O)C(C)C)c1cccc(O)c1. The van der Waals surface area contributed by atoms with E-state index >= 15 is 0 Å². The largest absolute Gasteiger partial charge is 0.508 e. The average Bonchev–Trinajstić information content (AvgIpc) is 2.41. The summed E-state index contributed by atoms with van der Waals surface area (Å²) >= 11 is 0. The van der Waals surface area contributed by atoms with Crippen LogP contribution in [0.3, 0.4) is 0 Å². The summed E-state index contributed by atoms with van der Waals surface area (Å²) in [4.78, 5) is 24.1. The van der Waals surface area contributed by atoms with Gasteiger partial charge in [0, 0.05) is 24.8 Å². The smallest absolute Gasteiger partial charge is 0.154 e. The molecule has 1 rings (SSSR count). The van der Waals surface area contributed by atoms with Crippen molar-refractivity contribution in [2.24, 2.45) is 5.92 Å². The number of rotatable bonds is 8. The van der Waals surface area contributed by atoms with Gasteiger partial charge in [0.15, 0.2) is 5.78 Å². The summed E-state index contributed by atoms with van der Waals surface area (Å²) in [6.45, 7) is 7.60. The molecule has 1 aromatic rings. The van der Waals surface area contributed by atoms with Crippen LogP contribution >= 0.6 is 0 Å². The molecule has 116 valence electrons. The summed E-state index contributed by atoms with van der Waals surface area (Å²) < 4.78 is 0. The Kier molecular flexibility index (Phi) is 6.56. The first-order valence-corrected chi connectivity index (χ1v) is 7.41. The highest BCUT2D eigenvalue weighted by Gasteiger charge is 2.22. The summed E-state index contributed by atoms with van der Waals surface area (Å²) in [5.41, 5.74) is 0.727. The van der Waals surface area contributed by atoms with E-state index in [0.29, 0.717) is 0 Å². The maximum atomic E-state index is 12.4. The molecule has 0 bridgehead atoms. The van der Waals surface area contributed by atoms with Gasteiger partial charge in [-0.2, -0.15) is 0 Å². The number of carbonyl (C=O) groups is 2. The first kappa shape index (κ1) is 17.4. The fourth-order valence-electron chi connectivity index (χ4n) is 2.09. The van der Waals surface area contributed by atoms with Crippen molar-refractivity contribution in [1.29, 1.82) is 0 Å². The number of carbonyl (C=O) groups excluding carboxylic acids is 2. The number of Topliss-reactive ketones (excluding diaryl/α,β-unsaturated/α-hetero) is 2. The highest BCUT2D eigenvalue weighted by atomic mass is 16.3. The van der Waals surface area contributed by atoms with Gasteiger partial charge in [-0.05, 0) is 31.5 Å². The van der Waals surface area contributed by atoms with E-state index in [2.05, 4.69) is 5.32 Å². The van der Waals surface area contributed by atoms with Gasteiger partial charge in [-0.25, -0.2) is 0 Å². The molecule has 0 radical (unpaired) electrons. The third kappa shape index (κ3) is 5.68. The molecule has 1 atom stereocenters. The van der Waals surface area contributed by atoms with Crippen molar-refractivity contribution >= 4 is 11.6 Å². The second-order valence-electron chi connectivity index (χ2n) is 5.94. The summed E-state index contributed by atoms with van der Waals surface area (Å²) in [5, 5.41) is 12.8. The number of hydrogen-bond donors (Lipinski definition) is 2. The number of ketones is 2. The van der Waals surface area contributed by atoms with Crippen molar-refractivity contribution in [3.63, 3.8) is 0 Å². The Labute approximate surface area is 126 Å². The third-order valence-corrected chi connectivity index (χ3v) is 3.29. The van der Waals surface area contributed by atoms with Gasteiger partial charge >= 0.3 is 0 Å². The van der Waals surface area contributed by atoms with Crippen LogP contribution in [0.1, 0.15) is 52.1 Å². The average molecular weight is 291 g/mol. The molecule has 0 aliphatic carbocycles. The number of phenolic OH excluding ortho intramolecular Hbond substituents is 1. The molecule has 0 amide bonds. The predicted molar refractivity (Wildman–Crippen MR) is 83.2 cm³/mol. The molecule has 1 unspecified atom stereocenters. The molecule has 0 fully saturated rings. The predicted octanol–water partition coefficient (Wildman–Crippen LogP) is 3.01. The van der Waals surface area contributed by atoms with Gasteiger partial charge < -0.3 is 10.4 Å². The van der Waals surface area contributed by atoms with E-state index in [9.17, 15) is 14.7 Å². The molecule has 4 heteroatoms. The normalized spacial score (nSPS) is 12.7. The zero-order valence-electron chi connectivity index (χ0n) is 13.2. The third-order valence-electron chi connectivity index (χ3n) is 3.29. The molecule has 0 heterocycles. The van der Waals surface area contributed by atoms with E-state index in [-0.39, 0.29) is 42.1 Å². The van der Waals surface area contributed by atoms with E-state index in [1.165, 1.54) is 0 Å². The van der Waals surface area contributed by atoms with Crippen LogP contribution in [0, 0.1) is 5.92 Å². The second kappa shape index (κ2) is 7.93. The van der Waals surface area contributed by atoms with Gasteiger partial charge in [0.2, 0.25) is 0 Å². The first-order chi connectivity index (χ1) is 9.81. The Morgan fingerprint density at radius 1 is 1.10 bits per heavy atom. The van der Waals surface area contributed by atoms with Crippen molar-refractivity contribution < 1.29 is 14.7 Å². The fourth-order valence-corrected chi connectivity index (χ4v) is 2.09. The van der Waals surface area contributed by atoms with Crippen molar-refractivity contribution in [1.82, 2.24) is 5.32 Å². The second-order valence-corrected chi connectivity index (χ2v) is 5.94. The van der Waals surface area contributed by atoms with Crippen molar-refractivity contribution in [3.05, 3.63) is 29.8 Å². The topological polar surface area (TPSA) is 66.4 Å². The lowest BCUT2D eigenvalue weighted by molar-refractivity contribution is -0.126. The molecule has 0 saturated heterocycles. The molecule has 21 heavy (non-hydrogen) atoms. The number of nitrogens with one attached hydrogen (secondary N) is 1. The molecule has 4 nitrogen and oxygen atoms in total. The van der Waals surface area contributed by atoms with Crippen molar-refractivity contribution in [2.45, 2.75) is 52.6 Å². The molecular formula is C17H25NO3. The molecule has 0 spiro atoms. The zero-order valence-corrected chi connectivity index (χ0v) is 13.2. The van der Waals surface area contributed by atoms with Crippen LogP contribution in [0.4, 0.5) is 0 Å². The lowest BCUT2D eigenvalue weighted by Gasteiger charge is -2.21. The molecule has 0 aliphatic heterocycles. The monoisotopic (exact) mass is 291 g/mol. The minimum atomic E-state index is -0.489. The van der Waals surface area contributed by atoms with Crippen LogP contribution in [-0.2, 0) is 9.59 Å². The summed E-state index contributed by atoms with van der Waals surface area (Å²) in [5.74, 6) is 0.162. The van der Waals surface area contributed by atoms with Gasteiger partial charge in [0.05, 0.1) is 6.04 Å². The molecular weight excluding hydrogens is 266 g/mol. The number of aromatic hydroxyl groups is 1. The Hall–Kier alpha value is -1.68. The van der Waals surface area contributed by atoms with E-state index < -0.39 is 6.04 Å². The Morgan fingerprint density at radius 2 is 1.71 bits per heavy atom. The summed E-state index contributed by atoms with van der Waals surface area (Å²) in [6.07, 6.45) is 0.489. The van der Waals surface area contributed by atoms with Crippen LogP contribution in [0.25, 0.3) is 0 Å². The Morgan fingerprint density at radius 3 is 2.24 bits per heavy atom. The minimum absolute atomic E-state index is 0.0247. The van der Waals surface area contributed by atoms with E-state index in [4.69, 9.17) is 0 Å². The molecule has 0 saturated carbocycles. The highest BCUT2D eigenvalue weighted by Crippen LogP contribution is 2.21. The molecule has 2 N–H and O–H groups in total. The van der Waals surface area contributed by atoms with Gasteiger partial charge in [-0.15, -0.1) is 0 Å². The van der Waals surface area contributed by atoms with Crippen molar-refractivity contribution in [3.8, 4) is 5.75 Å². The van der Waals surface area contributed by atoms with E-state index in [1.54, 1.807) is 18.2 Å². The minimum Gasteiger partial charge on any atom is -0.508 e. The quantitative estimate of drug-likeness (QED) is 0.772. The number of benzene rings is 1. The van der Waals surface area contributed by atoms with Crippen LogP contribution in [-0.4, -0.2) is 22.7 Å². The fraction of sp³-hybridized carbons (Fsp3) is 0.529. The summed E-state index contributed by atoms with van der Waals surface area (Å²) in [6, 6.07) is 6.32. The van der Waals surface area contributed by atoms with Crippen LogP contribution in [0.5, 0.6) is 5.75 Å². The van der Waals surface area contributed by atoms with Gasteiger partial charge in [0.1, 0.15) is 11.5 Å². The van der Waals surface area contributed by atoms with Crippen molar-refractivity contribution in [2.75, 3.05) is 0 Å². The van der Waals surface area contributed by atoms with Gasteiger partial charge in [-0.1, -0.05) is 26.0 Å². The standard InChI is InChI=1S/C17H25NO3/c1-11(2)15(20)8-9-16(21)17(18-12(3)4)13-6-5-7-14(19)10-13/h5-7,10-12,17-19H,8-9H2,1-4H3. The first-order valence-electron chi connectivity index (χ1n) is 7.41. The Bertz CT molecular complexity index is 495. The van der Waals surface area contributed by atoms with E-state index in [0.717, 1.165) is 5.56 Å². The molecule has 0 aromatic heterocycles. The van der Waals surface area contributed by atoms with Crippen LogP contribution < -0.4 is 5.32 Å². The summed E-state index contributed by atoms with van der Waals surface area (Å²) in [7, 11) is 0.